The van der Waals surface area contributed by atoms with Crippen molar-refractivity contribution in [1.29, 1.82) is 0 Å². The summed E-state index contributed by atoms with van der Waals surface area (Å²) in [5.41, 5.74) is 0. The lowest BCUT2D eigenvalue weighted by Gasteiger charge is -2.12. The lowest BCUT2D eigenvalue weighted by molar-refractivity contribution is -0.757. The van der Waals surface area contributed by atoms with Crippen molar-refractivity contribution in [2.24, 2.45) is 0 Å². The number of hydrogen-bond donors (Lipinski definition) is 2. The Morgan fingerprint density at radius 1 is 1.25 bits per heavy atom. The third-order valence-electron chi connectivity index (χ3n) is 2.43. The smallest absolute Gasteiger partial charge is 0.407 e. The van der Waals surface area contributed by atoms with E-state index in [4.69, 9.17) is 9.84 Å². The zero-order valence-corrected chi connectivity index (χ0v) is 11.4. The summed E-state index contributed by atoms with van der Waals surface area (Å²) in [5.74, 6) is -0.352. The molecule has 0 bridgehead atoms. The van der Waals surface area contributed by atoms with Crippen LogP contribution in [0.15, 0.2) is 0 Å². The van der Waals surface area contributed by atoms with Gasteiger partial charge in [-0.1, -0.05) is 6.42 Å². The SMILES string of the molecule is CC(=O)C(CO)NC(=O)OCCCCCCO[N+](=O)[O-]. The van der Waals surface area contributed by atoms with Gasteiger partial charge in [-0.05, 0) is 26.2 Å². The Morgan fingerprint density at radius 3 is 2.35 bits per heavy atom. The lowest BCUT2D eigenvalue weighted by Crippen LogP contribution is -2.42. The number of Topliss-reactive ketones (excluding diaryl/α,β-unsaturated/α-hetero) is 1. The first-order valence-corrected chi connectivity index (χ1v) is 6.29. The Balaban J connectivity index is 3.48. The summed E-state index contributed by atoms with van der Waals surface area (Å²) in [6.07, 6.45) is 1.88. The first kappa shape index (κ1) is 18.1. The lowest BCUT2D eigenvalue weighted by atomic mass is 10.2. The molecule has 116 valence electrons. The highest BCUT2D eigenvalue weighted by molar-refractivity contribution is 5.85. The maximum atomic E-state index is 11.2. The van der Waals surface area contributed by atoms with Crippen LogP contribution in [-0.4, -0.2) is 47.9 Å². The Hall–Kier alpha value is -1.90. The van der Waals surface area contributed by atoms with Gasteiger partial charge in [0.1, 0.15) is 6.04 Å². The fourth-order valence-electron chi connectivity index (χ4n) is 1.32. The molecule has 1 amide bonds. The van der Waals surface area contributed by atoms with E-state index in [9.17, 15) is 19.7 Å². The van der Waals surface area contributed by atoms with Gasteiger partial charge in [0.15, 0.2) is 5.78 Å². The van der Waals surface area contributed by atoms with Gasteiger partial charge < -0.3 is 20.0 Å². The summed E-state index contributed by atoms with van der Waals surface area (Å²) in [7, 11) is 0. The Labute approximate surface area is 116 Å². The van der Waals surface area contributed by atoms with Crippen LogP contribution in [0.2, 0.25) is 0 Å². The Bertz CT molecular complexity index is 322. The van der Waals surface area contributed by atoms with Gasteiger partial charge in [-0.25, -0.2) is 4.79 Å². The molecule has 0 saturated heterocycles. The summed E-state index contributed by atoms with van der Waals surface area (Å²) >= 11 is 0. The van der Waals surface area contributed by atoms with Crippen LogP contribution in [0.25, 0.3) is 0 Å². The van der Waals surface area contributed by atoms with Gasteiger partial charge in [-0.3, -0.25) is 4.79 Å². The number of amides is 1. The van der Waals surface area contributed by atoms with E-state index in [0.29, 0.717) is 12.8 Å². The highest BCUT2D eigenvalue weighted by Gasteiger charge is 2.16. The van der Waals surface area contributed by atoms with Crippen LogP contribution in [0.4, 0.5) is 4.79 Å². The third kappa shape index (κ3) is 10.1. The van der Waals surface area contributed by atoms with Gasteiger partial charge in [-0.15, -0.1) is 10.1 Å². The summed E-state index contributed by atoms with van der Waals surface area (Å²) in [6.45, 7) is 1.03. The maximum absolute atomic E-state index is 11.2. The predicted octanol–water partition coefficient (Wildman–Crippen LogP) is 0.431. The quantitative estimate of drug-likeness (QED) is 0.321. The molecule has 0 aliphatic heterocycles. The molecule has 9 heteroatoms. The van der Waals surface area contributed by atoms with Crippen molar-refractivity contribution >= 4 is 11.9 Å². The second kappa shape index (κ2) is 11.0. The first-order valence-electron chi connectivity index (χ1n) is 6.29. The van der Waals surface area contributed by atoms with Gasteiger partial charge >= 0.3 is 6.09 Å². The van der Waals surface area contributed by atoms with Gasteiger partial charge in [0.25, 0.3) is 5.09 Å². The summed E-state index contributed by atoms with van der Waals surface area (Å²) in [5, 5.41) is 20.1. The van der Waals surface area contributed by atoms with Crippen molar-refractivity contribution in [3.05, 3.63) is 10.1 Å². The van der Waals surface area contributed by atoms with Gasteiger partial charge in [0.05, 0.1) is 19.8 Å². The molecule has 0 fully saturated rings. The van der Waals surface area contributed by atoms with E-state index in [2.05, 4.69) is 10.2 Å². The largest absolute Gasteiger partial charge is 0.450 e. The average molecular weight is 292 g/mol. The van der Waals surface area contributed by atoms with E-state index >= 15 is 0 Å². The van der Waals surface area contributed by atoms with Crippen molar-refractivity contribution < 1.29 is 29.4 Å². The highest BCUT2D eigenvalue weighted by atomic mass is 16.9. The maximum Gasteiger partial charge on any atom is 0.407 e. The topological polar surface area (TPSA) is 128 Å². The molecule has 0 aliphatic carbocycles. The highest BCUT2D eigenvalue weighted by Crippen LogP contribution is 2.01. The molecular formula is C11H20N2O7. The second-order valence-corrected chi connectivity index (χ2v) is 4.10. The van der Waals surface area contributed by atoms with E-state index < -0.39 is 23.8 Å². The molecule has 0 rings (SSSR count). The molecule has 0 saturated carbocycles. The van der Waals surface area contributed by atoms with E-state index in [1.807, 2.05) is 0 Å². The number of ketones is 1. The molecule has 0 heterocycles. The van der Waals surface area contributed by atoms with E-state index in [1.165, 1.54) is 6.92 Å². The molecule has 2 N–H and O–H groups in total. The molecular weight excluding hydrogens is 272 g/mol. The standard InChI is InChI=1S/C11H20N2O7/c1-9(15)10(8-14)12-11(16)19-6-4-2-3-5-7-20-13(17)18/h10,14H,2-8H2,1H3,(H,12,16). The average Bonchev–Trinajstić information content (AvgIpc) is 2.38. The van der Waals surface area contributed by atoms with Crippen molar-refractivity contribution in [3.63, 3.8) is 0 Å². The molecule has 0 aromatic rings. The van der Waals surface area contributed by atoms with E-state index in [-0.39, 0.29) is 19.0 Å². The van der Waals surface area contributed by atoms with Crippen LogP contribution in [0.5, 0.6) is 0 Å². The Kier molecular flexibility index (Phi) is 9.93. The normalized spacial score (nSPS) is 11.5. The monoisotopic (exact) mass is 292 g/mol. The second-order valence-electron chi connectivity index (χ2n) is 4.10. The number of nitrogens with one attached hydrogen (secondary N) is 1. The first-order chi connectivity index (χ1) is 9.47. The van der Waals surface area contributed by atoms with Crippen molar-refractivity contribution in [2.75, 3.05) is 19.8 Å². The number of hydrogen-bond acceptors (Lipinski definition) is 7. The molecule has 0 spiro atoms. The number of rotatable bonds is 11. The van der Waals surface area contributed by atoms with Gasteiger partial charge in [-0.2, -0.15) is 0 Å². The van der Waals surface area contributed by atoms with Crippen LogP contribution < -0.4 is 5.32 Å². The fourth-order valence-corrected chi connectivity index (χ4v) is 1.32. The zero-order chi connectivity index (χ0) is 15.4. The molecule has 0 radical (unpaired) electrons. The van der Waals surface area contributed by atoms with E-state index in [0.717, 1.165) is 12.8 Å². The molecule has 9 nitrogen and oxygen atoms in total. The summed E-state index contributed by atoms with van der Waals surface area (Å²) in [4.78, 5) is 36.2. The van der Waals surface area contributed by atoms with Crippen molar-refractivity contribution in [1.82, 2.24) is 5.32 Å². The molecule has 0 aromatic heterocycles. The van der Waals surface area contributed by atoms with Crippen LogP contribution in [-0.2, 0) is 14.4 Å². The molecule has 0 aliphatic rings. The summed E-state index contributed by atoms with van der Waals surface area (Å²) in [6, 6.07) is -0.943. The number of nitrogens with zero attached hydrogens (tertiary/aromatic N) is 1. The Morgan fingerprint density at radius 2 is 1.85 bits per heavy atom. The van der Waals surface area contributed by atoms with Crippen LogP contribution in [0, 0.1) is 10.1 Å². The number of unbranched alkanes of at least 4 members (excludes halogenated alkanes) is 3. The molecule has 1 unspecified atom stereocenters. The fraction of sp³-hybridized carbons (Fsp3) is 0.818. The minimum absolute atomic E-state index is 0.0606. The van der Waals surface area contributed by atoms with Crippen LogP contribution in [0.3, 0.4) is 0 Å². The number of carbonyl (C=O) groups excluding carboxylic acids is 2. The van der Waals surface area contributed by atoms with E-state index in [1.54, 1.807) is 0 Å². The van der Waals surface area contributed by atoms with Crippen molar-refractivity contribution in [2.45, 2.75) is 38.6 Å². The number of ether oxygens (including phenoxy) is 1. The number of aliphatic hydroxyl groups excluding tert-OH is 1. The van der Waals surface area contributed by atoms with Crippen molar-refractivity contribution in [3.8, 4) is 0 Å². The summed E-state index contributed by atoms with van der Waals surface area (Å²) < 4.78 is 4.82. The zero-order valence-electron chi connectivity index (χ0n) is 11.4. The van der Waals surface area contributed by atoms with Crippen LogP contribution in [0.1, 0.15) is 32.6 Å². The minimum atomic E-state index is -0.943. The number of carbonyl (C=O) groups is 2. The number of aliphatic hydroxyl groups is 1. The predicted molar refractivity (Wildman–Crippen MR) is 67.5 cm³/mol. The van der Waals surface area contributed by atoms with Crippen LogP contribution >= 0.6 is 0 Å². The minimum Gasteiger partial charge on any atom is -0.450 e. The third-order valence-corrected chi connectivity index (χ3v) is 2.43. The van der Waals surface area contributed by atoms with Gasteiger partial charge in [0, 0.05) is 0 Å². The molecule has 0 aromatic carbocycles. The van der Waals surface area contributed by atoms with Gasteiger partial charge in [0.2, 0.25) is 0 Å². The molecule has 20 heavy (non-hydrogen) atoms. The number of alkyl carbamates (subject to hydrolysis) is 1. The molecule has 1 atom stereocenters.